The number of hydrogen-bond donors (Lipinski definition) is 0. The molecule has 5 nitrogen and oxygen atoms in total. The Labute approximate surface area is 165 Å². The number of methoxy groups -OCH3 is 4. The molecule has 0 saturated heterocycles. The second-order valence-corrected chi connectivity index (χ2v) is 7.56. The first-order valence-corrected chi connectivity index (χ1v) is 9.59. The van der Waals surface area contributed by atoms with Gasteiger partial charge in [-0.05, 0) is 72.2 Å². The largest absolute Gasteiger partial charge is 0.493 e. The molecule has 0 atom stereocenters. The predicted octanol–water partition coefficient (Wildman–Crippen LogP) is 3.42. The van der Waals surface area contributed by atoms with E-state index in [-0.39, 0.29) is 11.8 Å². The van der Waals surface area contributed by atoms with Crippen LogP contribution in [0.1, 0.15) is 22.3 Å². The maximum absolute atomic E-state index is 13.3. The summed E-state index contributed by atoms with van der Waals surface area (Å²) in [5, 5.41) is 0. The molecule has 148 valence electrons. The van der Waals surface area contributed by atoms with Gasteiger partial charge in [0.15, 0.2) is 23.0 Å². The number of carbonyl (C=O) groups is 1. The monoisotopic (exact) mass is 382 g/mol. The Kier molecular flexibility index (Phi) is 4.92. The number of carbonyl (C=O) groups excluding carboxylic acids is 1. The number of benzene rings is 2. The zero-order chi connectivity index (χ0) is 19.8. The summed E-state index contributed by atoms with van der Waals surface area (Å²) in [5.74, 6) is 3.14. The molecular formula is C23H26O5. The van der Waals surface area contributed by atoms with Crippen molar-refractivity contribution in [2.45, 2.75) is 25.7 Å². The molecule has 0 saturated carbocycles. The number of fused-ring (bicyclic) bond motifs is 4. The maximum atomic E-state index is 13.3. The lowest BCUT2D eigenvalue weighted by Crippen LogP contribution is -2.24. The summed E-state index contributed by atoms with van der Waals surface area (Å²) in [4.78, 5) is 13.3. The molecule has 2 aromatic rings. The molecular weight excluding hydrogens is 356 g/mol. The molecule has 28 heavy (non-hydrogen) atoms. The van der Waals surface area contributed by atoms with Crippen molar-refractivity contribution in [1.82, 2.24) is 0 Å². The van der Waals surface area contributed by atoms with Crippen molar-refractivity contribution in [3.05, 3.63) is 46.5 Å². The third kappa shape index (κ3) is 3.09. The zero-order valence-corrected chi connectivity index (χ0v) is 16.8. The zero-order valence-electron chi connectivity index (χ0n) is 16.8. The van der Waals surface area contributed by atoms with Crippen LogP contribution in [-0.4, -0.2) is 34.2 Å². The quantitative estimate of drug-likeness (QED) is 0.811. The first-order chi connectivity index (χ1) is 13.6. The highest BCUT2D eigenvalue weighted by Gasteiger charge is 2.36. The average molecular weight is 382 g/mol. The molecule has 2 aliphatic rings. The van der Waals surface area contributed by atoms with Crippen LogP contribution in [0.25, 0.3) is 0 Å². The van der Waals surface area contributed by atoms with E-state index >= 15 is 0 Å². The van der Waals surface area contributed by atoms with Crippen LogP contribution in [0.2, 0.25) is 0 Å². The van der Waals surface area contributed by atoms with Crippen LogP contribution < -0.4 is 18.9 Å². The van der Waals surface area contributed by atoms with Gasteiger partial charge in [-0.3, -0.25) is 4.79 Å². The van der Waals surface area contributed by atoms with E-state index in [1.807, 2.05) is 24.3 Å². The lowest BCUT2D eigenvalue weighted by atomic mass is 9.89. The average Bonchev–Trinajstić information content (AvgIpc) is 2.92. The van der Waals surface area contributed by atoms with Gasteiger partial charge in [0.1, 0.15) is 5.78 Å². The fourth-order valence-corrected chi connectivity index (χ4v) is 4.63. The van der Waals surface area contributed by atoms with E-state index in [4.69, 9.17) is 18.9 Å². The SMILES string of the molecule is COc1cc2c(cc1OC)CC1Cc3cc(OC)c(OC)cc3CC(C2)C1=O. The summed E-state index contributed by atoms with van der Waals surface area (Å²) in [6.45, 7) is 0. The lowest BCUT2D eigenvalue weighted by molar-refractivity contribution is -0.126. The molecule has 5 heteroatoms. The molecule has 0 N–H and O–H groups in total. The van der Waals surface area contributed by atoms with Crippen LogP contribution in [0.15, 0.2) is 24.3 Å². The van der Waals surface area contributed by atoms with Crippen LogP contribution in [-0.2, 0) is 30.5 Å². The lowest BCUT2D eigenvalue weighted by Gasteiger charge is -2.18. The standard InChI is InChI=1S/C23H26O5/c1-25-19-9-13-5-17-7-15-11-21(27-3)22(28-4)12-16(15)8-18(23(17)24)6-14(13)10-20(19)26-2/h9-12,17-18H,5-8H2,1-4H3. The Morgan fingerprint density at radius 2 is 0.821 bits per heavy atom. The molecule has 0 radical (unpaired) electrons. The normalized spacial score (nSPS) is 20.4. The molecule has 0 spiro atoms. The molecule has 0 amide bonds. The van der Waals surface area contributed by atoms with Crippen LogP contribution in [0, 0.1) is 11.8 Å². The van der Waals surface area contributed by atoms with Crippen molar-refractivity contribution in [2.24, 2.45) is 11.8 Å². The van der Waals surface area contributed by atoms with Crippen molar-refractivity contribution >= 4 is 5.78 Å². The Balaban J connectivity index is 1.77. The molecule has 2 aromatic carbocycles. The van der Waals surface area contributed by atoms with Crippen molar-refractivity contribution in [2.75, 3.05) is 28.4 Å². The number of ether oxygens (including phenoxy) is 4. The van der Waals surface area contributed by atoms with Crippen molar-refractivity contribution < 1.29 is 23.7 Å². The Morgan fingerprint density at radius 3 is 1.04 bits per heavy atom. The van der Waals surface area contributed by atoms with E-state index < -0.39 is 0 Å². The van der Waals surface area contributed by atoms with E-state index in [1.165, 1.54) is 22.3 Å². The van der Waals surface area contributed by atoms with Gasteiger partial charge < -0.3 is 18.9 Å². The topological polar surface area (TPSA) is 54.0 Å². The first-order valence-electron chi connectivity index (χ1n) is 9.59. The second-order valence-electron chi connectivity index (χ2n) is 7.56. The molecule has 4 rings (SSSR count). The highest BCUT2D eigenvalue weighted by atomic mass is 16.5. The number of hydrogen-bond acceptors (Lipinski definition) is 5. The van der Waals surface area contributed by atoms with E-state index in [1.54, 1.807) is 28.4 Å². The highest BCUT2D eigenvalue weighted by Crippen LogP contribution is 2.41. The minimum Gasteiger partial charge on any atom is -0.493 e. The third-order valence-corrected chi connectivity index (χ3v) is 6.08. The first kappa shape index (κ1) is 18.7. The number of rotatable bonds is 4. The summed E-state index contributed by atoms with van der Waals surface area (Å²) in [7, 11) is 6.58. The molecule has 0 heterocycles. The van der Waals surface area contributed by atoms with Gasteiger partial charge >= 0.3 is 0 Å². The van der Waals surface area contributed by atoms with E-state index in [0.717, 1.165) is 48.7 Å². The molecule has 0 aliphatic heterocycles. The maximum Gasteiger partial charge on any atom is 0.161 e. The Morgan fingerprint density at radius 1 is 0.571 bits per heavy atom. The fourth-order valence-electron chi connectivity index (χ4n) is 4.63. The molecule has 0 aromatic heterocycles. The predicted molar refractivity (Wildman–Crippen MR) is 106 cm³/mol. The van der Waals surface area contributed by atoms with Gasteiger partial charge in [-0.25, -0.2) is 0 Å². The van der Waals surface area contributed by atoms with E-state index in [2.05, 4.69) is 0 Å². The van der Waals surface area contributed by atoms with Crippen LogP contribution in [0.3, 0.4) is 0 Å². The summed E-state index contributed by atoms with van der Waals surface area (Å²) < 4.78 is 21.9. The molecule has 0 fully saturated rings. The molecule has 2 bridgehead atoms. The smallest absolute Gasteiger partial charge is 0.161 e. The van der Waals surface area contributed by atoms with Gasteiger partial charge in [-0.2, -0.15) is 0 Å². The third-order valence-electron chi connectivity index (χ3n) is 6.08. The summed E-state index contributed by atoms with van der Waals surface area (Å²) in [6, 6.07) is 8.14. The summed E-state index contributed by atoms with van der Waals surface area (Å²) >= 11 is 0. The number of Topliss-reactive ketones (excluding diaryl/α,β-unsaturated/α-hetero) is 1. The molecule has 2 aliphatic carbocycles. The summed E-state index contributed by atoms with van der Waals surface area (Å²) in [5.41, 5.74) is 4.73. The van der Waals surface area contributed by atoms with Gasteiger partial charge in [0.05, 0.1) is 28.4 Å². The Bertz CT molecular complexity index is 778. The fraction of sp³-hybridized carbons (Fsp3) is 0.435. The van der Waals surface area contributed by atoms with Gasteiger partial charge in [0, 0.05) is 11.8 Å². The van der Waals surface area contributed by atoms with Crippen LogP contribution in [0.5, 0.6) is 23.0 Å². The number of ketones is 1. The van der Waals surface area contributed by atoms with Crippen molar-refractivity contribution in [3.63, 3.8) is 0 Å². The Hall–Kier alpha value is -2.69. The molecule has 0 unspecified atom stereocenters. The second kappa shape index (κ2) is 7.38. The van der Waals surface area contributed by atoms with Crippen molar-refractivity contribution in [1.29, 1.82) is 0 Å². The summed E-state index contributed by atoms with van der Waals surface area (Å²) in [6.07, 6.45) is 2.88. The highest BCUT2D eigenvalue weighted by molar-refractivity contribution is 5.86. The van der Waals surface area contributed by atoms with Gasteiger partial charge in [0.2, 0.25) is 0 Å². The minimum atomic E-state index is -0.0382. The van der Waals surface area contributed by atoms with Crippen LogP contribution in [0.4, 0.5) is 0 Å². The minimum absolute atomic E-state index is 0.0382. The van der Waals surface area contributed by atoms with E-state index in [9.17, 15) is 4.79 Å². The van der Waals surface area contributed by atoms with Crippen LogP contribution >= 0.6 is 0 Å². The van der Waals surface area contributed by atoms with Gasteiger partial charge in [-0.15, -0.1) is 0 Å². The van der Waals surface area contributed by atoms with Gasteiger partial charge in [-0.1, -0.05) is 0 Å². The van der Waals surface area contributed by atoms with E-state index in [0.29, 0.717) is 5.78 Å². The van der Waals surface area contributed by atoms with Gasteiger partial charge in [0.25, 0.3) is 0 Å². The van der Waals surface area contributed by atoms with Crippen molar-refractivity contribution in [3.8, 4) is 23.0 Å².